The maximum atomic E-state index is 10.3. The Hall–Kier alpha value is -0.980. The van der Waals surface area contributed by atoms with Gasteiger partial charge in [-0.3, -0.25) is 4.90 Å². The zero-order chi connectivity index (χ0) is 17.8. The zero-order valence-electron chi connectivity index (χ0n) is 15.0. The Morgan fingerprint density at radius 1 is 1.04 bits per heavy atom. The number of aliphatic hydroxyl groups is 3. The monoisotopic (exact) mass is 349 g/mol. The van der Waals surface area contributed by atoms with Crippen LogP contribution in [0.25, 0.3) is 0 Å². The number of methoxy groups -OCH3 is 1. The van der Waals surface area contributed by atoms with Crippen LogP contribution in [-0.2, 0) is 4.74 Å². The minimum Gasteiger partial charge on any atom is -0.395 e. The van der Waals surface area contributed by atoms with Crippen LogP contribution in [0.3, 0.4) is 0 Å². The van der Waals surface area contributed by atoms with Crippen molar-refractivity contribution in [1.82, 2.24) is 4.90 Å². The molecule has 4 atom stereocenters. The molecule has 0 aromatic heterocycles. The first-order valence-corrected chi connectivity index (χ1v) is 9.42. The summed E-state index contributed by atoms with van der Waals surface area (Å²) >= 11 is 0. The van der Waals surface area contributed by atoms with Crippen LogP contribution < -0.4 is 0 Å². The predicted octanol–water partition coefficient (Wildman–Crippen LogP) is 1.37. The summed E-state index contributed by atoms with van der Waals surface area (Å²) in [6.07, 6.45) is 2.38. The second kappa shape index (κ2) is 8.60. The summed E-state index contributed by atoms with van der Waals surface area (Å²) in [7, 11) is 1.56. The van der Waals surface area contributed by atoms with E-state index in [2.05, 4.69) is 35.2 Å². The van der Waals surface area contributed by atoms with Gasteiger partial charge >= 0.3 is 0 Å². The van der Waals surface area contributed by atoms with Crippen molar-refractivity contribution in [1.29, 1.82) is 0 Å². The minimum atomic E-state index is -0.968. The molecular formula is C20H31NO4. The lowest BCUT2D eigenvalue weighted by Gasteiger charge is -2.46. The summed E-state index contributed by atoms with van der Waals surface area (Å²) in [6.45, 7) is 1.25. The van der Waals surface area contributed by atoms with Gasteiger partial charge in [0.1, 0.15) is 12.2 Å². The first-order valence-electron chi connectivity index (χ1n) is 9.42. The summed E-state index contributed by atoms with van der Waals surface area (Å²) in [5.41, 5.74) is 1.44. The summed E-state index contributed by atoms with van der Waals surface area (Å²) in [5, 5.41) is 30.1. The molecule has 0 unspecified atom stereocenters. The standard InChI is InChI=1S/C20H31NO4/c1-25-18-12-21(17(13-22)19(23)20(18)24)11-14-7-9-16(10-8-14)15-5-3-2-4-6-15/h2-6,14,16-20,22-24H,7-13H2,1H3/t14?,16?,17-,18+,19-,20-/m1/s1. The summed E-state index contributed by atoms with van der Waals surface area (Å²) in [6, 6.07) is 10.3. The van der Waals surface area contributed by atoms with Crippen LogP contribution in [0.5, 0.6) is 0 Å². The molecule has 25 heavy (non-hydrogen) atoms. The Morgan fingerprint density at radius 2 is 1.72 bits per heavy atom. The number of ether oxygens (including phenoxy) is 1. The molecule has 5 heteroatoms. The molecule has 1 heterocycles. The van der Waals surface area contributed by atoms with E-state index in [1.165, 1.54) is 18.4 Å². The van der Waals surface area contributed by atoms with Crippen molar-refractivity contribution >= 4 is 0 Å². The molecule has 1 aromatic rings. The van der Waals surface area contributed by atoms with Crippen molar-refractivity contribution < 1.29 is 20.1 Å². The average Bonchev–Trinajstić information content (AvgIpc) is 2.66. The topological polar surface area (TPSA) is 73.2 Å². The number of aliphatic hydroxyl groups excluding tert-OH is 3. The van der Waals surface area contributed by atoms with E-state index in [9.17, 15) is 15.3 Å². The largest absolute Gasteiger partial charge is 0.395 e. The van der Waals surface area contributed by atoms with E-state index in [1.807, 2.05) is 0 Å². The SMILES string of the molecule is CO[C@H]1CN(CC2CCC(c3ccccc3)CC2)[C@H](CO)[C@@H](O)[C@@H]1O. The van der Waals surface area contributed by atoms with Crippen molar-refractivity contribution in [3.63, 3.8) is 0 Å². The van der Waals surface area contributed by atoms with Crippen molar-refractivity contribution in [2.45, 2.75) is 56.0 Å². The van der Waals surface area contributed by atoms with Gasteiger partial charge in [-0.15, -0.1) is 0 Å². The van der Waals surface area contributed by atoms with Crippen LogP contribution in [0.15, 0.2) is 30.3 Å². The third kappa shape index (κ3) is 4.23. The molecular weight excluding hydrogens is 318 g/mol. The predicted molar refractivity (Wildman–Crippen MR) is 96.4 cm³/mol. The highest BCUT2D eigenvalue weighted by Crippen LogP contribution is 2.36. The smallest absolute Gasteiger partial charge is 0.109 e. The molecule has 2 aliphatic rings. The number of piperidine rings is 1. The molecule has 1 saturated heterocycles. The fraction of sp³-hybridized carbons (Fsp3) is 0.700. The molecule has 0 radical (unpaired) electrons. The second-order valence-corrected chi connectivity index (χ2v) is 7.59. The Morgan fingerprint density at radius 3 is 2.32 bits per heavy atom. The van der Waals surface area contributed by atoms with E-state index >= 15 is 0 Å². The molecule has 1 aliphatic heterocycles. The number of rotatable bonds is 5. The fourth-order valence-electron chi connectivity index (χ4n) is 4.52. The Kier molecular flexibility index (Phi) is 6.47. The first-order chi connectivity index (χ1) is 12.1. The van der Waals surface area contributed by atoms with E-state index in [0.717, 1.165) is 19.4 Å². The lowest BCUT2D eigenvalue weighted by Crippen LogP contribution is -2.63. The van der Waals surface area contributed by atoms with Gasteiger partial charge in [-0.1, -0.05) is 30.3 Å². The number of hydrogen-bond donors (Lipinski definition) is 3. The van der Waals surface area contributed by atoms with Crippen molar-refractivity contribution in [2.75, 3.05) is 26.8 Å². The third-order valence-corrected chi connectivity index (χ3v) is 6.11. The summed E-state index contributed by atoms with van der Waals surface area (Å²) in [5.74, 6) is 1.21. The molecule has 1 aromatic carbocycles. The molecule has 0 spiro atoms. The Balaban J connectivity index is 1.57. The maximum absolute atomic E-state index is 10.3. The summed E-state index contributed by atoms with van der Waals surface area (Å²) in [4.78, 5) is 2.11. The highest BCUT2D eigenvalue weighted by atomic mass is 16.5. The number of likely N-dealkylation sites (tertiary alicyclic amines) is 1. The van der Waals surface area contributed by atoms with Gasteiger partial charge in [0.05, 0.1) is 18.8 Å². The van der Waals surface area contributed by atoms with E-state index in [-0.39, 0.29) is 6.61 Å². The molecule has 0 amide bonds. The van der Waals surface area contributed by atoms with Crippen molar-refractivity contribution in [3.05, 3.63) is 35.9 Å². The highest BCUT2D eigenvalue weighted by molar-refractivity contribution is 5.19. The van der Waals surface area contributed by atoms with E-state index in [1.54, 1.807) is 7.11 Å². The lowest BCUT2D eigenvalue weighted by molar-refractivity contribution is -0.157. The normalized spacial score (nSPS) is 37.1. The third-order valence-electron chi connectivity index (χ3n) is 6.11. The van der Waals surface area contributed by atoms with E-state index in [0.29, 0.717) is 18.4 Å². The van der Waals surface area contributed by atoms with Crippen LogP contribution in [0.4, 0.5) is 0 Å². The Bertz CT molecular complexity index is 518. The molecule has 3 rings (SSSR count). The molecule has 1 saturated carbocycles. The highest BCUT2D eigenvalue weighted by Gasteiger charge is 2.42. The van der Waals surface area contributed by atoms with Gasteiger partial charge in [0, 0.05) is 20.2 Å². The van der Waals surface area contributed by atoms with Gasteiger partial charge in [-0.25, -0.2) is 0 Å². The molecule has 5 nitrogen and oxygen atoms in total. The van der Waals surface area contributed by atoms with Crippen LogP contribution in [0.1, 0.15) is 37.2 Å². The lowest BCUT2D eigenvalue weighted by atomic mass is 9.78. The van der Waals surface area contributed by atoms with Gasteiger partial charge in [-0.2, -0.15) is 0 Å². The van der Waals surface area contributed by atoms with E-state index in [4.69, 9.17) is 4.74 Å². The molecule has 140 valence electrons. The first kappa shape index (κ1) is 18.8. The molecule has 3 N–H and O–H groups in total. The van der Waals surface area contributed by atoms with Crippen LogP contribution >= 0.6 is 0 Å². The van der Waals surface area contributed by atoms with Crippen LogP contribution in [0.2, 0.25) is 0 Å². The maximum Gasteiger partial charge on any atom is 0.109 e. The molecule has 2 fully saturated rings. The second-order valence-electron chi connectivity index (χ2n) is 7.59. The van der Waals surface area contributed by atoms with Crippen LogP contribution in [0, 0.1) is 5.92 Å². The quantitative estimate of drug-likeness (QED) is 0.749. The summed E-state index contributed by atoms with van der Waals surface area (Å²) < 4.78 is 5.33. The number of hydrogen-bond acceptors (Lipinski definition) is 5. The van der Waals surface area contributed by atoms with Gasteiger partial charge in [0.15, 0.2) is 0 Å². The number of benzene rings is 1. The Labute approximate surface area is 150 Å². The average molecular weight is 349 g/mol. The van der Waals surface area contributed by atoms with Crippen molar-refractivity contribution in [3.8, 4) is 0 Å². The number of nitrogens with zero attached hydrogens (tertiary/aromatic N) is 1. The molecule has 1 aliphatic carbocycles. The van der Waals surface area contributed by atoms with E-state index < -0.39 is 24.4 Å². The molecule has 0 bridgehead atoms. The van der Waals surface area contributed by atoms with Gasteiger partial charge < -0.3 is 20.1 Å². The van der Waals surface area contributed by atoms with Crippen LogP contribution in [-0.4, -0.2) is 71.4 Å². The van der Waals surface area contributed by atoms with Gasteiger partial charge in [0.2, 0.25) is 0 Å². The zero-order valence-corrected chi connectivity index (χ0v) is 15.0. The van der Waals surface area contributed by atoms with Gasteiger partial charge in [-0.05, 0) is 43.1 Å². The minimum absolute atomic E-state index is 0.145. The van der Waals surface area contributed by atoms with Crippen molar-refractivity contribution in [2.24, 2.45) is 5.92 Å². The van der Waals surface area contributed by atoms with Gasteiger partial charge in [0.25, 0.3) is 0 Å². The fourth-order valence-corrected chi connectivity index (χ4v) is 4.52.